The first-order valence-electron chi connectivity index (χ1n) is 10.3. The van der Waals surface area contributed by atoms with Crippen LogP contribution in [-0.4, -0.2) is 55.3 Å². The Bertz CT molecular complexity index is 705. The molecule has 6 heteroatoms. The Balaban J connectivity index is 1.65. The molecule has 0 saturated carbocycles. The van der Waals surface area contributed by atoms with E-state index in [0.717, 1.165) is 51.0 Å². The molecule has 1 atom stereocenters. The molecule has 1 aromatic carbocycles. The van der Waals surface area contributed by atoms with Gasteiger partial charge in [-0.2, -0.15) is 0 Å². The first-order chi connectivity index (χ1) is 13.8. The predicted octanol–water partition coefficient (Wildman–Crippen LogP) is 2.89. The van der Waals surface area contributed by atoms with Crippen molar-refractivity contribution in [3.05, 3.63) is 54.4 Å². The minimum Gasteiger partial charge on any atom is -0.497 e. The Morgan fingerprint density at radius 3 is 2.46 bits per heavy atom. The van der Waals surface area contributed by atoms with Crippen molar-refractivity contribution in [3.63, 3.8) is 0 Å². The molecule has 152 valence electrons. The zero-order valence-electron chi connectivity index (χ0n) is 17.1. The van der Waals surface area contributed by atoms with Gasteiger partial charge in [0.1, 0.15) is 5.75 Å². The molecule has 2 heterocycles. The highest BCUT2D eigenvalue weighted by molar-refractivity contribution is 5.79. The van der Waals surface area contributed by atoms with Crippen molar-refractivity contribution in [3.8, 4) is 5.75 Å². The molecule has 1 fully saturated rings. The molecule has 1 saturated heterocycles. The monoisotopic (exact) mass is 383 g/mol. The maximum Gasteiger partial charge on any atom is 0.191 e. The summed E-state index contributed by atoms with van der Waals surface area (Å²) in [6, 6.07) is 12.8. The lowest BCUT2D eigenvalue weighted by atomic mass is 10.1. The standard InChI is InChI=1S/C22H33N5O/c1-3-23-22(24-12-17-26-13-4-5-14-26)25-18-21(27-15-6-7-16-27)19-8-10-20(28-2)11-9-19/h4-5,8-11,13-14,21H,3,6-7,12,15-18H2,1-2H3,(H2,23,24,25). The molecule has 3 rings (SSSR count). The Hall–Kier alpha value is -2.47. The van der Waals surface area contributed by atoms with Crippen LogP contribution >= 0.6 is 0 Å². The fourth-order valence-electron chi connectivity index (χ4n) is 3.65. The van der Waals surface area contributed by atoms with Crippen LogP contribution in [0.4, 0.5) is 0 Å². The number of aromatic nitrogens is 1. The van der Waals surface area contributed by atoms with Gasteiger partial charge in [-0.3, -0.25) is 9.89 Å². The second-order valence-electron chi connectivity index (χ2n) is 7.10. The number of nitrogens with zero attached hydrogens (tertiary/aromatic N) is 3. The van der Waals surface area contributed by atoms with E-state index in [0.29, 0.717) is 6.04 Å². The topological polar surface area (TPSA) is 53.8 Å². The number of guanidine groups is 1. The maximum absolute atomic E-state index is 5.32. The first-order valence-corrected chi connectivity index (χ1v) is 10.3. The Morgan fingerprint density at radius 2 is 1.82 bits per heavy atom. The van der Waals surface area contributed by atoms with Crippen LogP contribution in [0.15, 0.2) is 53.8 Å². The third kappa shape index (κ3) is 5.76. The Kier molecular flexibility index (Phi) is 7.79. The number of methoxy groups -OCH3 is 1. The van der Waals surface area contributed by atoms with Gasteiger partial charge in [-0.15, -0.1) is 0 Å². The van der Waals surface area contributed by atoms with Crippen LogP contribution in [0.25, 0.3) is 0 Å². The van der Waals surface area contributed by atoms with Crippen LogP contribution in [0.5, 0.6) is 5.75 Å². The Morgan fingerprint density at radius 1 is 1.11 bits per heavy atom. The number of hydrogen-bond acceptors (Lipinski definition) is 3. The second-order valence-corrected chi connectivity index (χ2v) is 7.10. The van der Waals surface area contributed by atoms with E-state index >= 15 is 0 Å². The summed E-state index contributed by atoms with van der Waals surface area (Å²) in [6.45, 7) is 7.75. The molecule has 1 unspecified atom stereocenters. The summed E-state index contributed by atoms with van der Waals surface area (Å²) in [5, 5.41) is 6.82. The number of hydrogen-bond donors (Lipinski definition) is 2. The minimum atomic E-state index is 0.299. The lowest BCUT2D eigenvalue weighted by Gasteiger charge is -2.27. The lowest BCUT2D eigenvalue weighted by molar-refractivity contribution is 0.251. The van der Waals surface area contributed by atoms with E-state index < -0.39 is 0 Å². The quantitative estimate of drug-likeness (QED) is 0.516. The molecular formula is C22H33N5O. The van der Waals surface area contributed by atoms with E-state index in [9.17, 15) is 0 Å². The zero-order valence-corrected chi connectivity index (χ0v) is 17.1. The summed E-state index contributed by atoms with van der Waals surface area (Å²) in [5.41, 5.74) is 1.30. The molecule has 28 heavy (non-hydrogen) atoms. The van der Waals surface area contributed by atoms with Crippen LogP contribution < -0.4 is 15.4 Å². The SMILES string of the molecule is CCNC(=NCC(c1ccc(OC)cc1)N1CCCC1)NCCn1cccc1. The van der Waals surface area contributed by atoms with Crippen LogP contribution in [0, 0.1) is 0 Å². The van der Waals surface area contributed by atoms with Crippen molar-refractivity contribution < 1.29 is 4.74 Å². The highest BCUT2D eigenvalue weighted by Crippen LogP contribution is 2.27. The van der Waals surface area contributed by atoms with Gasteiger partial charge in [0.15, 0.2) is 5.96 Å². The molecule has 0 amide bonds. The average Bonchev–Trinajstić information content (AvgIpc) is 3.43. The van der Waals surface area contributed by atoms with Crippen LogP contribution in [0.2, 0.25) is 0 Å². The number of aliphatic imine (C=N–C) groups is 1. The van der Waals surface area contributed by atoms with Crippen molar-refractivity contribution in [2.75, 3.05) is 39.8 Å². The van der Waals surface area contributed by atoms with Gasteiger partial charge in [0.05, 0.1) is 19.7 Å². The fourth-order valence-corrected chi connectivity index (χ4v) is 3.65. The summed E-state index contributed by atoms with van der Waals surface area (Å²) >= 11 is 0. The van der Waals surface area contributed by atoms with E-state index in [4.69, 9.17) is 9.73 Å². The second kappa shape index (κ2) is 10.8. The summed E-state index contributed by atoms with van der Waals surface area (Å²) in [5.74, 6) is 1.78. The van der Waals surface area contributed by atoms with Gasteiger partial charge in [-0.25, -0.2) is 0 Å². The van der Waals surface area contributed by atoms with Gasteiger partial charge in [-0.1, -0.05) is 12.1 Å². The summed E-state index contributed by atoms with van der Waals surface area (Å²) < 4.78 is 7.48. The Labute approximate surface area is 168 Å². The van der Waals surface area contributed by atoms with Gasteiger partial charge in [-0.05, 0) is 62.7 Å². The van der Waals surface area contributed by atoms with Crippen LogP contribution in [0.1, 0.15) is 31.4 Å². The summed E-state index contributed by atoms with van der Waals surface area (Å²) in [7, 11) is 1.71. The third-order valence-electron chi connectivity index (χ3n) is 5.18. The van der Waals surface area contributed by atoms with Gasteiger partial charge in [0, 0.05) is 32.0 Å². The minimum absolute atomic E-state index is 0.299. The first kappa shape index (κ1) is 20.3. The van der Waals surface area contributed by atoms with E-state index in [1.54, 1.807) is 7.11 Å². The smallest absolute Gasteiger partial charge is 0.191 e. The molecule has 2 aromatic rings. The zero-order chi connectivity index (χ0) is 19.6. The molecule has 0 radical (unpaired) electrons. The predicted molar refractivity (Wildman–Crippen MR) is 115 cm³/mol. The number of ether oxygens (including phenoxy) is 1. The molecule has 1 aliphatic heterocycles. The van der Waals surface area contributed by atoms with Crippen molar-refractivity contribution in [2.45, 2.75) is 32.4 Å². The van der Waals surface area contributed by atoms with Gasteiger partial charge >= 0.3 is 0 Å². The van der Waals surface area contributed by atoms with Gasteiger partial charge < -0.3 is 19.9 Å². The fraction of sp³-hybridized carbons (Fsp3) is 0.500. The number of benzene rings is 1. The highest BCUT2D eigenvalue weighted by atomic mass is 16.5. The van der Waals surface area contributed by atoms with Crippen molar-refractivity contribution in [1.82, 2.24) is 20.1 Å². The van der Waals surface area contributed by atoms with Gasteiger partial charge in [0.2, 0.25) is 0 Å². The van der Waals surface area contributed by atoms with Crippen LogP contribution in [-0.2, 0) is 6.54 Å². The van der Waals surface area contributed by atoms with E-state index in [-0.39, 0.29) is 0 Å². The molecule has 2 N–H and O–H groups in total. The van der Waals surface area contributed by atoms with Gasteiger partial charge in [0.25, 0.3) is 0 Å². The van der Waals surface area contributed by atoms with E-state index in [1.165, 1.54) is 18.4 Å². The molecule has 1 aromatic heterocycles. The molecule has 1 aliphatic rings. The van der Waals surface area contributed by atoms with Crippen molar-refractivity contribution >= 4 is 5.96 Å². The van der Waals surface area contributed by atoms with Crippen molar-refractivity contribution in [2.24, 2.45) is 4.99 Å². The molecule has 0 bridgehead atoms. The number of rotatable bonds is 9. The summed E-state index contributed by atoms with van der Waals surface area (Å²) in [4.78, 5) is 7.46. The normalized spacial score (nSPS) is 16.1. The van der Waals surface area contributed by atoms with Crippen molar-refractivity contribution in [1.29, 1.82) is 0 Å². The number of nitrogens with one attached hydrogen (secondary N) is 2. The van der Waals surface area contributed by atoms with E-state index in [2.05, 4.69) is 63.7 Å². The largest absolute Gasteiger partial charge is 0.497 e. The van der Waals surface area contributed by atoms with Crippen LogP contribution in [0.3, 0.4) is 0 Å². The highest BCUT2D eigenvalue weighted by Gasteiger charge is 2.23. The van der Waals surface area contributed by atoms with E-state index in [1.807, 2.05) is 12.1 Å². The molecule has 0 spiro atoms. The molecular weight excluding hydrogens is 350 g/mol. The molecule has 6 nitrogen and oxygen atoms in total. The lowest BCUT2D eigenvalue weighted by Crippen LogP contribution is -2.39. The number of likely N-dealkylation sites (tertiary alicyclic amines) is 1. The average molecular weight is 384 g/mol. The maximum atomic E-state index is 5.32. The summed E-state index contributed by atoms with van der Waals surface area (Å²) in [6.07, 6.45) is 6.70. The molecule has 0 aliphatic carbocycles. The third-order valence-corrected chi connectivity index (χ3v) is 5.18.